The summed E-state index contributed by atoms with van der Waals surface area (Å²) in [4.78, 5) is 18.9. The topological polar surface area (TPSA) is 68.8 Å². The van der Waals surface area contributed by atoms with Crippen molar-refractivity contribution >= 4 is 11.9 Å². The molecule has 1 amide bonds. The largest absolute Gasteiger partial charge is 0.357 e. The molecular formula is C22H37N5O. The molecule has 1 aromatic carbocycles. The number of amides is 1. The molecule has 0 saturated carbocycles. The van der Waals surface area contributed by atoms with Crippen molar-refractivity contribution < 1.29 is 4.79 Å². The van der Waals surface area contributed by atoms with Crippen LogP contribution in [0.2, 0.25) is 0 Å². The maximum Gasteiger partial charge on any atom is 0.221 e. The minimum absolute atomic E-state index is 0.0734. The number of rotatable bonds is 9. The van der Waals surface area contributed by atoms with Crippen LogP contribution in [0.5, 0.6) is 0 Å². The van der Waals surface area contributed by atoms with Crippen molar-refractivity contribution in [2.45, 2.75) is 65.1 Å². The molecule has 1 aliphatic rings. The van der Waals surface area contributed by atoms with Crippen molar-refractivity contribution in [2.75, 3.05) is 26.2 Å². The lowest BCUT2D eigenvalue weighted by atomic mass is 9.97. The van der Waals surface area contributed by atoms with Crippen LogP contribution in [0.25, 0.3) is 0 Å². The number of aliphatic imine (C=N–C) groups is 1. The van der Waals surface area contributed by atoms with Crippen LogP contribution in [0.15, 0.2) is 35.3 Å². The van der Waals surface area contributed by atoms with Gasteiger partial charge in [-0.05, 0) is 38.7 Å². The summed E-state index contributed by atoms with van der Waals surface area (Å²) in [5.74, 6) is 0.892. The highest BCUT2D eigenvalue weighted by atomic mass is 16.1. The van der Waals surface area contributed by atoms with E-state index in [1.54, 1.807) is 0 Å². The van der Waals surface area contributed by atoms with Crippen molar-refractivity contribution in [3.8, 4) is 0 Å². The zero-order chi connectivity index (χ0) is 20.2. The fourth-order valence-corrected chi connectivity index (χ4v) is 3.54. The Morgan fingerprint density at radius 2 is 2.00 bits per heavy atom. The Hall–Kier alpha value is -2.08. The maximum atomic E-state index is 11.7. The highest BCUT2D eigenvalue weighted by molar-refractivity contribution is 5.81. The third-order valence-electron chi connectivity index (χ3n) is 5.11. The number of carbonyl (C=O) groups excluding carboxylic acids is 1. The van der Waals surface area contributed by atoms with E-state index < -0.39 is 0 Å². The van der Waals surface area contributed by atoms with Crippen molar-refractivity contribution in [1.29, 1.82) is 0 Å². The van der Waals surface area contributed by atoms with Crippen LogP contribution >= 0.6 is 0 Å². The highest BCUT2D eigenvalue weighted by Gasteiger charge is 2.25. The first kappa shape index (κ1) is 22.2. The second-order valence-corrected chi connectivity index (χ2v) is 7.53. The van der Waals surface area contributed by atoms with Crippen LogP contribution in [-0.4, -0.2) is 55.0 Å². The fraction of sp³-hybridized carbons (Fsp3) is 0.636. The van der Waals surface area contributed by atoms with Gasteiger partial charge in [0.15, 0.2) is 5.96 Å². The van der Waals surface area contributed by atoms with Crippen LogP contribution in [0.3, 0.4) is 0 Å². The zero-order valence-electron chi connectivity index (χ0n) is 17.7. The van der Waals surface area contributed by atoms with Gasteiger partial charge in [0.05, 0.1) is 6.54 Å². The smallest absolute Gasteiger partial charge is 0.221 e. The molecule has 0 bridgehead atoms. The molecule has 0 spiro atoms. The monoisotopic (exact) mass is 387 g/mol. The maximum absolute atomic E-state index is 11.7. The molecule has 6 nitrogen and oxygen atoms in total. The number of likely N-dealkylation sites (tertiary alicyclic amines) is 1. The van der Waals surface area contributed by atoms with Gasteiger partial charge in [0.2, 0.25) is 5.91 Å². The first-order valence-electron chi connectivity index (χ1n) is 10.7. The molecule has 2 rings (SSSR count). The molecule has 156 valence electrons. The normalized spacial score (nSPS) is 20.6. The molecule has 1 aromatic rings. The summed E-state index contributed by atoms with van der Waals surface area (Å²) >= 11 is 0. The summed E-state index contributed by atoms with van der Waals surface area (Å²) in [5, 5.41) is 9.77. The van der Waals surface area contributed by atoms with Crippen molar-refractivity contribution in [3.05, 3.63) is 35.9 Å². The third kappa shape index (κ3) is 7.89. The first-order chi connectivity index (χ1) is 13.6. The molecular weight excluding hydrogens is 350 g/mol. The van der Waals surface area contributed by atoms with Crippen LogP contribution in [0.1, 0.15) is 52.0 Å². The molecule has 2 atom stereocenters. The number of hydrogen-bond acceptors (Lipinski definition) is 3. The number of benzene rings is 1. The standard InChI is InChI=1S/C22H37N5O/c1-4-13-24-21(28)11-14-25-22(23-5-2)26-20-12-15-27(18(3)16-20)17-19-9-7-6-8-10-19/h6-10,18,20H,4-5,11-17H2,1-3H3,(H,24,28)(H2,23,25,26). The summed E-state index contributed by atoms with van der Waals surface area (Å²) in [6.07, 6.45) is 3.58. The van der Waals surface area contributed by atoms with Crippen LogP contribution in [0, 0.1) is 0 Å². The van der Waals surface area contributed by atoms with Crippen LogP contribution in [-0.2, 0) is 11.3 Å². The van der Waals surface area contributed by atoms with Crippen molar-refractivity contribution in [3.63, 3.8) is 0 Å². The molecule has 6 heteroatoms. The minimum atomic E-state index is 0.0734. The minimum Gasteiger partial charge on any atom is -0.357 e. The van der Waals surface area contributed by atoms with Crippen molar-refractivity contribution in [2.24, 2.45) is 4.99 Å². The first-order valence-corrected chi connectivity index (χ1v) is 10.7. The molecule has 0 aliphatic carbocycles. The average molecular weight is 388 g/mol. The molecule has 28 heavy (non-hydrogen) atoms. The molecule has 1 saturated heterocycles. The molecule has 3 N–H and O–H groups in total. The fourth-order valence-electron chi connectivity index (χ4n) is 3.54. The highest BCUT2D eigenvalue weighted by Crippen LogP contribution is 2.19. The lowest BCUT2D eigenvalue weighted by molar-refractivity contribution is -0.120. The van der Waals surface area contributed by atoms with Gasteiger partial charge in [-0.25, -0.2) is 0 Å². The number of nitrogens with zero attached hydrogens (tertiary/aromatic N) is 2. The lowest BCUT2D eigenvalue weighted by Gasteiger charge is -2.38. The van der Waals surface area contributed by atoms with Gasteiger partial charge in [-0.2, -0.15) is 0 Å². The Morgan fingerprint density at radius 3 is 2.68 bits per heavy atom. The van der Waals surface area contributed by atoms with E-state index in [-0.39, 0.29) is 5.91 Å². The van der Waals surface area contributed by atoms with Gasteiger partial charge >= 0.3 is 0 Å². The van der Waals surface area contributed by atoms with E-state index in [4.69, 9.17) is 0 Å². The van der Waals surface area contributed by atoms with Gasteiger partial charge in [-0.3, -0.25) is 14.7 Å². The van der Waals surface area contributed by atoms with Crippen LogP contribution < -0.4 is 16.0 Å². The summed E-state index contributed by atoms with van der Waals surface area (Å²) in [6, 6.07) is 11.6. The van der Waals surface area contributed by atoms with Crippen LogP contribution in [0.4, 0.5) is 0 Å². The Labute approximate surface area is 170 Å². The summed E-state index contributed by atoms with van der Waals surface area (Å²) in [6.45, 7) is 10.6. The quantitative estimate of drug-likeness (QED) is 0.450. The molecule has 2 unspecified atom stereocenters. The van der Waals surface area contributed by atoms with E-state index >= 15 is 0 Å². The average Bonchev–Trinajstić information content (AvgIpc) is 2.69. The molecule has 1 fully saturated rings. The van der Waals surface area contributed by atoms with E-state index in [1.165, 1.54) is 5.56 Å². The number of piperidine rings is 1. The predicted octanol–water partition coefficient (Wildman–Crippen LogP) is 2.51. The van der Waals surface area contributed by atoms with E-state index in [9.17, 15) is 4.79 Å². The third-order valence-corrected chi connectivity index (χ3v) is 5.11. The van der Waals surface area contributed by atoms with E-state index in [2.05, 4.69) is 76.9 Å². The van der Waals surface area contributed by atoms with Gasteiger partial charge in [0.25, 0.3) is 0 Å². The summed E-state index contributed by atoms with van der Waals surface area (Å²) < 4.78 is 0. The van der Waals surface area contributed by atoms with Gasteiger partial charge in [-0.15, -0.1) is 0 Å². The molecule has 0 aromatic heterocycles. The molecule has 1 aliphatic heterocycles. The van der Waals surface area contributed by atoms with Gasteiger partial charge < -0.3 is 16.0 Å². The number of hydrogen-bond donors (Lipinski definition) is 3. The number of nitrogens with one attached hydrogen (secondary N) is 3. The molecule has 1 heterocycles. The van der Waals surface area contributed by atoms with E-state index in [0.29, 0.717) is 25.0 Å². The van der Waals surface area contributed by atoms with Gasteiger partial charge in [0.1, 0.15) is 0 Å². The van der Waals surface area contributed by atoms with Gasteiger partial charge in [0, 0.05) is 44.7 Å². The molecule has 0 radical (unpaired) electrons. The van der Waals surface area contributed by atoms with E-state index in [0.717, 1.165) is 51.4 Å². The number of carbonyl (C=O) groups is 1. The summed E-state index contributed by atoms with van der Waals surface area (Å²) in [5.41, 5.74) is 1.37. The second kappa shape index (κ2) is 12.4. The Kier molecular flexibility index (Phi) is 9.83. The Morgan fingerprint density at radius 1 is 1.21 bits per heavy atom. The summed E-state index contributed by atoms with van der Waals surface area (Å²) in [7, 11) is 0. The lowest BCUT2D eigenvalue weighted by Crippen LogP contribution is -2.51. The SMILES string of the molecule is CCCNC(=O)CCN=C(NCC)NC1CCN(Cc2ccccc2)C(C)C1. The second-order valence-electron chi connectivity index (χ2n) is 7.53. The van der Waals surface area contributed by atoms with Gasteiger partial charge in [-0.1, -0.05) is 37.3 Å². The Balaban J connectivity index is 1.80. The van der Waals surface area contributed by atoms with E-state index in [1.807, 2.05) is 0 Å². The van der Waals surface area contributed by atoms with Crippen molar-refractivity contribution in [1.82, 2.24) is 20.9 Å². The Bertz CT molecular complexity index is 604. The zero-order valence-corrected chi connectivity index (χ0v) is 17.7. The number of guanidine groups is 1. The predicted molar refractivity (Wildman–Crippen MR) is 116 cm³/mol.